The lowest BCUT2D eigenvalue weighted by atomic mass is 9.96. The van der Waals surface area contributed by atoms with Gasteiger partial charge in [-0.1, -0.05) is 25.3 Å². The van der Waals surface area contributed by atoms with Crippen LogP contribution in [0.25, 0.3) is 22.0 Å². The third-order valence-corrected chi connectivity index (χ3v) is 6.35. The topological polar surface area (TPSA) is 108 Å². The number of nitrogens with one attached hydrogen (secondary N) is 3. The number of amides is 2. The van der Waals surface area contributed by atoms with Gasteiger partial charge in [0.1, 0.15) is 11.6 Å². The van der Waals surface area contributed by atoms with Gasteiger partial charge in [-0.2, -0.15) is 0 Å². The van der Waals surface area contributed by atoms with Crippen molar-refractivity contribution in [3.8, 4) is 11.1 Å². The molecule has 3 aromatic rings. The highest BCUT2D eigenvalue weighted by Crippen LogP contribution is 2.27. The molecule has 4 N–H and O–H groups in total. The second kappa shape index (κ2) is 10.2. The van der Waals surface area contributed by atoms with E-state index in [2.05, 4.69) is 20.9 Å². The molecular weight excluding hydrogens is 437 g/mol. The van der Waals surface area contributed by atoms with Crippen LogP contribution in [0.15, 0.2) is 41.3 Å². The molecule has 1 aromatic carbocycles. The Morgan fingerprint density at radius 2 is 2.00 bits per heavy atom. The molecule has 0 saturated heterocycles. The number of aliphatic hydroxyl groups is 1. The Morgan fingerprint density at radius 1 is 1.24 bits per heavy atom. The highest BCUT2D eigenvalue weighted by atomic mass is 19.1. The van der Waals surface area contributed by atoms with Crippen LogP contribution in [0.3, 0.4) is 0 Å². The number of halogens is 1. The molecule has 1 fully saturated rings. The van der Waals surface area contributed by atoms with Crippen LogP contribution >= 0.6 is 0 Å². The van der Waals surface area contributed by atoms with Crippen LogP contribution in [0.1, 0.15) is 45.1 Å². The first-order valence-corrected chi connectivity index (χ1v) is 11.6. The molecule has 0 spiro atoms. The largest absolute Gasteiger partial charge is 0.394 e. The number of urea groups is 1. The van der Waals surface area contributed by atoms with E-state index in [1.165, 1.54) is 29.2 Å². The number of aromatic nitrogens is 2. The lowest BCUT2D eigenvalue weighted by Gasteiger charge is -2.23. The molecule has 1 aliphatic carbocycles. The molecule has 2 heterocycles. The van der Waals surface area contributed by atoms with Crippen LogP contribution in [0, 0.1) is 5.82 Å². The third-order valence-electron chi connectivity index (χ3n) is 6.35. The summed E-state index contributed by atoms with van der Waals surface area (Å²) in [7, 11) is 1.73. The van der Waals surface area contributed by atoms with Crippen molar-refractivity contribution >= 4 is 28.4 Å². The maximum Gasteiger partial charge on any atom is 0.319 e. The molecule has 9 heteroatoms. The van der Waals surface area contributed by atoms with Gasteiger partial charge in [-0.25, -0.2) is 14.2 Å². The number of benzene rings is 1. The number of anilines is 2. The number of carbonyl (C=O) groups excluding carboxylic acids is 1. The van der Waals surface area contributed by atoms with Crippen molar-refractivity contribution in [1.82, 2.24) is 14.9 Å². The van der Waals surface area contributed by atoms with E-state index < -0.39 is 17.9 Å². The Hall–Kier alpha value is -3.46. The fourth-order valence-electron chi connectivity index (χ4n) is 4.47. The highest BCUT2D eigenvalue weighted by Gasteiger charge is 2.19. The number of hydrogen-bond donors (Lipinski definition) is 4. The van der Waals surface area contributed by atoms with Crippen molar-refractivity contribution in [3.05, 3.63) is 52.7 Å². The van der Waals surface area contributed by atoms with E-state index in [4.69, 9.17) is 0 Å². The van der Waals surface area contributed by atoms with Gasteiger partial charge in [-0.15, -0.1) is 0 Å². The van der Waals surface area contributed by atoms with Crippen LogP contribution in [0.5, 0.6) is 0 Å². The van der Waals surface area contributed by atoms with Gasteiger partial charge < -0.3 is 25.6 Å². The summed E-state index contributed by atoms with van der Waals surface area (Å²) in [5.74, 6) is 0.00324. The second-order valence-corrected chi connectivity index (χ2v) is 8.77. The quantitative estimate of drug-likeness (QED) is 0.433. The van der Waals surface area contributed by atoms with Gasteiger partial charge in [0, 0.05) is 36.3 Å². The standard InChI is InChI=1S/C25H30FN5O3/c1-15(14-32)31-22-12-23(27-2)28-13-17(22)10-19(24(31)33)16-8-9-20(26)21(11-16)30-25(34)29-18-6-4-3-5-7-18/h8-13,15,18,32H,3-7,14H2,1-2H3,(H,27,28)(H2,29,30,34). The van der Waals surface area contributed by atoms with Crippen molar-refractivity contribution in [2.45, 2.75) is 51.1 Å². The molecule has 1 atom stereocenters. The van der Waals surface area contributed by atoms with Gasteiger partial charge in [0.15, 0.2) is 0 Å². The minimum absolute atomic E-state index is 0.00396. The van der Waals surface area contributed by atoms with Gasteiger partial charge in [0.2, 0.25) is 0 Å². The molecule has 0 radical (unpaired) electrons. The predicted octanol–water partition coefficient (Wildman–Crippen LogP) is 4.25. The monoisotopic (exact) mass is 467 g/mol. The maximum absolute atomic E-state index is 14.5. The zero-order chi connectivity index (χ0) is 24.2. The van der Waals surface area contributed by atoms with Gasteiger partial charge in [0.05, 0.1) is 23.9 Å². The SMILES string of the molecule is CNc1cc2c(cn1)cc(-c1ccc(F)c(NC(=O)NC3CCCCC3)c1)c(=O)n2C(C)CO. The summed E-state index contributed by atoms with van der Waals surface area (Å²) < 4.78 is 16.1. The molecule has 0 aliphatic heterocycles. The van der Waals surface area contributed by atoms with Crippen molar-refractivity contribution in [3.63, 3.8) is 0 Å². The Morgan fingerprint density at radius 3 is 2.71 bits per heavy atom. The van der Waals surface area contributed by atoms with Crippen LogP contribution in [-0.2, 0) is 0 Å². The maximum atomic E-state index is 14.5. The number of rotatable bonds is 6. The Kier molecular flexibility index (Phi) is 7.12. The molecule has 2 amide bonds. The summed E-state index contributed by atoms with van der Waals surface area (Å²) >= 11 is 0. The van der Waals surface area contributed by atoms with Crippen molar-refractivity contribution in [1.29, 1.82) is 0 Å². The van der Waals surface area contributed by atoms with E-state index in [1.54, 1.807) is 32.3 Å². The average molecular weight is 468 g/mol. The van der Waals surface area contributed by atoms with E-state index in [0.717, 1.165) is 25.7 Å². The fourth-order valence-corrected chi connectivity index (χ4v) is 4.47. The summed E-state index contributed by atoms with van der Waals surface area (Å²) in [6.45, 7) is 1.52. The summed E-state index contributed by atoms with van der Waals surface area (Å²) in [5.41, 5.74) is 1.07. The van der Waals surface area contributed by atoms with Crippen molar-refractivity contribution in [2.24, 2.45) is 0 Å². The normalized spacial score (nSPS) is 15.2. The smallest absolute Gasteiger partial charge is 0.319 e. The Bertz CT molecular complexity index is 1250. The number of pyridine rings is 2. The van der Waals surface area contributed by atoms with E-state index in [-0.39, 0.29) is 23.9 Å². The second-order valence-electron chi connectivity index (χ2n) is 8.77. The van der Waals surface area contributed by atoms with Crippen LogP contribution < -0.4 is 21.5 Å². The number of nitrogens with zero attached hydrogens (tertiary/aromatic N) is 2. The first-order chi connectivity index (χ1) is 16.4. The molecule has 1 unspecified atom stereocenters. The predicted molar refractivity (Wildman–Crippen MR) is 132 cm³/mol. The average Bonchev–Trinajstić information content (AvgIpc) is 2.85. The third kappa shape index (κ3) is 4.89. The Labute approximate surface area is 197 Å². The van der Waals surface area contributed by atoms with Crippen LogP contribution in [0.2, 0.25) is 0 Å². The molecule has 2 aromatic heterocycles. The zero-order valence-corrected chi connectivity index (χ0v) is 19.4. The molecule has 1 aliphatic rings. The van der Waals surface area contributed by atoms with Gasteiger partial charge >= 0.3 is 6.03 Å². The van der Waals surface area contributed by atoms with E-state index in [9.17, 15) is 19.1 Å². The number of carbonyl (C=O) groups is 1. The molecule has 180 valence electrons. The highest BCUT2D eigenvalue weighted by molar-refractivity contribution is 5.91. The number of hydrogen-bond acceptors (Lipinski definition) is 5. The molecule has 4 rings (SSSR count). The summed E-state index contributed by atoms with van der Waals surface area (Å²) in [6, 6.07) is 6.79. The number of aliphatic hydroxyl groups excluding tert-OH is 1. The van der Waals surface area contributed by atoms with Gasteiger partial charge in [-0.05, 0) is 43.5 Å². The van der Waals surface area contributed by atoms with Gasteiger partial charge in [-0.3, -0.25) is 4.79 Å². The van der Waals surface area contributed by atoms with Crippen LogP contribution in [-0.4, -0.2) is 40.4 Å². The molecule has 8 nitrogen and oxygen atoms in total. The van der Waals surface area contributed by atoms with E-state index >= 15 is 0 Å². The summed E-state index contributed by atoms with van der Waals surface area (Å²) in [6.07, 6.45) is 6.78. The van der Waals surface area contributed by atoms with Crippen molar-refractivity contribution in [2.75, 3.05) is 24.3 Å². The van der Waals surface area contributed by atoms with E-state index in [0.29, 0.717) is 27.8 Å². The minimum atomic E-state index is -0.590. The molecule has 0 bridgehead atoms. The summed E-state index contributed by atoms with van der Waals surface area (Å²) in [4.78, 5) is 30.3. The first kappa shape index (κ1) is 23.7. The zero-order valence-electron chi connectivity index (χ0n) is 19.4. The molecule has 34 heavy (non-hydrogen) atoms. The number of fused-ring (bicyclic) bond motifs is 1. The van der Waals surface area contributed by atoms with Gasteiger partial charge in [0.25, 0.3) is 5.56 Å². The lowest BCUT2D eigenvalue weighted by Crippen LogP contribution is -2.39. The van der Waals surface area contributed by atoms with E-state index in [1.807, 2.05) is 0 Å². The summed E-state index contributed by atoms with van der Waals surface area (Å²) in [5, 5.41) is 18.9. The molecule has 1 saturated carbocycles. The van der Waals surface area contributed by atoms with Crippen LogP contribution in [0.4, 0.5) is 20.7 Å². The first-order valence-electron chi connectivity index (χ1n) is 11.6. The minimum Gasteiger partial charge on any atom is -0.394 e. The Balaban J connectivity index is 1.72. The lowest BCUT2D eigenvalue weighted by molar-refractivity contribution is 0.239. The fraction of sp³-hybridized carbons (Fsp3) is 0.400. The molecular formula is C25H30FN5O3. The van der Waals surface area contributed by atoms with Crippen molar-refractivity contribution < 1.29 is 14.3 Å².